The molecule has 1 saturated carbocycles. The molecule has 5 heteroatoms. The van der Waals surface area contributed by atoms with Gasteiger partial charge in [-0.2, -0.15) is 0 Å². The number of hydrogen-bond donors (Lipinski definition) is 2. The van der Waals surface area contributed by atoms with Crippen molar-refractivity contribution in [2.75, 3.05) is 0 Å². The van der Waals surface area contributed by atoms with Crippen molar-refractivity contribution in [3.05, 3.63) is 34.3 Å². The largest absolute Gasteiger partial charge is 0.392 e. The van der Waals surface area contributed by atoms with Crippen molar-refractivity contribution in [1.82, 2.24) is 5.32 Å². The number of carbonyl (C=O) groups excluding carboxylic acids is 1. The van der Waals surface area contributed by atoms with Gasteiger partial charge >= 0.3 is 0 Å². The Balaban J connectivity index is 2.14. The summed E-state index contributed by atoms with van der Waals surface area (Å²) in [4.78, 5) is 12.9. The van der Waals surface area contributed by atoms with Crippen LogP contribution in [0, 0.1) is 12.8 Å². The monoisotopic (exact) mass is 324 g/mol. The molecule has 0 spiro atoms. The molecule has 1 fully saturated rings. The van der Waals surface area contributed by atoms with Gasteiger partial charge in [0.2, 0.25) is 0 Å². The van der Waals surface area contributed by atoms with E-state index in [1.807, 2.05) is 6.92 Å². The lowest BCUT2D eigenvalue weighted by Crippen LogP contribution is -2.49. The van der Waals surface area contributed by atoms with Crippen molar-refractivity contribution in [3.63, 3.8) is 0 Å². The fraction of sp³-hybridized carbons (Fsp3) is 0.500. The van der Waals surface area contributed by atoms with Crippen molar-refractivity contribution >= 4 is 34.7 Å². The molecular formula is C16H21ClN2OS. The molecule has 1 aromatic rings. The third-order valence-corrected chi connectivity index (χ3v) is 4.89. The van der Waals surface area contributed by atoms with Crippen LogP contribution in [0.2, 0.25) is 5.02 Å². The van der Waals surface area contributed by atoms with Gasteiger partial charge < -0.3 is 11.1 Å². The fourth-order valence-electron chi connectivity index (χ4n) is 2.96. The van der Waals surface area contributed by atoms with Gasteiger partial charge in [0.15, 0.2) is 0 Å². The molecule has 1 aliphatic carbocycles. The Labute approximate surface area is 136 Å². The standard InChI is InChI=1S/C16H21ClN2OS/c1-10-12(8-5-9-13(10)17)16(20)19-14(15(18)21)11-6-3-2-4-7-11/h5,8-9,11,14H,2-4,6-7H2,1H3,(H2,18,21)(H,19,20). The van der Waals surface area contributed by atoms with E-state index in [0.29, 0.717) is 21.5 Å². The predicted molar refractivity (Wildman–Crippen MR) is 90.8 cm³/mol. The maximum atomic E-state index is 12.5. The minimum Gasteiger partial charge on any atom is -0.392 e. The van der Waals surface area contributed by atoms with E-state index in [9.17, 15) is 4.79 Å². The Kier molecular flexibility index (Phi) is 5.59. The Morgan fingerprint density at radius 1 is 1.38 bits per heavy atom. The lowest BCUT2D eigenvalue weighted by atomic mass is 9.83. The molecule has 1 aromatic carbocycles. The highest BCUT2D eigenvalue weighted by Gasteiger charge is 2.27. The average molecular weight is 325 g/mol. The summed E-state index contributed by atoms with van der Waals surface area (Å²) in [6, 6.07) is 5.10. The average Bonchev–Trinajstić information content (AvgIpc) is 2.48. The van der Waals surface area contributed by atoms with E-state index in [2.05, 4.69) is 5.32 Å². The number of hydrogen-bond acceptors (Lipinski definition) is 2. The molecule has 0 radical (unpaired) electrons. The summed E-state index contributed by atoms with van der Waals surface area (Å²) in [5.74, 6) is 0.193. The van der Waals surface area contributed by atoms with Gasteiger partial charge in [0.25, 0.3) is 5.91 Å². The van der Waals surface area contributed by atoms with Crippen LogP contribution in [0.5, 0.6) is 0 Å². The summed E-state index contributed by atoms with van der Waals surface area (Å²) in [5, 5.41) is 3.60. The van der Waals surface area contributed by atoms with Gasteiger partial charge in [-0.25, -0.2) is 0 Å². The van der Waals surface area contributed by atoms with E-state index < -0.39 is 0 Å². The molecular weight excluding hydrogens is 304 g/mol. The molecule has 2 rings (SSSR count). The van der Waals surface area contributed by atoms with Gasteiger partial charge in [-0.05, 0) is 43.4 Å². The zero-order valence-electron chi connectivity index (χ0n) is 12.2. The van der Waals surface area contributed by atoms with Crippen LogP contribution in [0.1, 0.15) is 48.0 Å². The van der Waals surface area contributed by atoms with Crippen molar-refractivity contribution in [2.45, 2.75) is 45.1 Å². The SMILES string of the molecule is Cc1c(Cl)cccc1C(=O)NC(C(N)=S)C1CCCCC1. The minimum absolute atomic E-state index is 0.154. The van der Waals surface area contributed by atoms with Crippen LogP contribution in [0.4, 0.5) is 0 Å². The quantitative estimate of drug-likeness (QED) is 0.832. The van der Waals surface area contributed by atoms with Crippen LogP contribution in [-0.4, -0.2) is 16.9 Å². The number of rotatable bonds is 4. The maximum absolute atomic E-state index is 12.5. The van der Waals surface area contributed by atoms with E-state index >= 15 is 0 Å². The highest BCUT2D eigenvalue weighted by molar-refractivity contribution is 7.80. The molecule has 3 N–H and O–H groups in total. The molecule has 1 amide bonds. The third kappa shape index (κ3) is 3.95. The number of nitrogens with one attached hydrogen (secondary N) is 1. The second-order valence-electron chi connectivity index (χ2n) is 5.66. The Morgan fingerprint density at radius 2 is 2.05 bits per heavy atom. The Morgan fingerprint density at radius 3 is 2.67 bits per heavy atom. The molecule has 0 aliphatic heterocycles. The lowest BCUT2D eigenvalue weighted by Gasteiger charge is -2.30. The topological polar surface area (TPSA) is 55.1 Å². The molecule has 1 aliphatic rings. The zero-order chi connectivity index (χ0) is 15.4. The van der Waals surface area contributed by atoms with Crippen LogP contribution in [0.25, 0.3) is 0 Å². The zero-order valence-corrected chi connectivity index (χ0v) is 13.8. The van der Waals surface area contributed by atoms with Gasteiger partial charge in [-0.15, -0.1) is 0 Å². The molecule has 3 nitrogen and oxygen atoms in total. The van der Waals surface area contributed by atoms with E-state index in [1.54, 1.807) is 18.2 Å². The van der Waals surface area contributed by atoms with Crippen molar-refractivity contribution < 1.29 is 4.79 Å². The number of amides is 1. The van der Waals surface area contributed by atoms with E-state index in [0.717, 1.165) is 18.4 Å². The fourth-order valence-corrected chi connectivity index (χ4v) is 3.39. The number of thiocarbonyl (C=S) groups is 1. The second kappa shape index (κ2) is 7.23. The van der Waals surface area contributed by atoms with Crippen LogP contribution >= 0.6 is 23.8 Å². The van der Waals surface area contributed by atoms with Crippen LogP contribution < -0.4 is 11.1 Å². The smallest absolute Gasteiger partial charge is 0.252 e. The summed E-state index contributed by atoms with van der Waals surface area (Å²) in [6.45, 7) is 1.84. The summed E-state index contributed by atoms with van der Waals surface area (Å²) in [7, 11) is 0. The van der Waals surface area contributed by atoms with Crippen molar-refractivity contribution in [2.24, 2.45) is 11.7 Å². The van der Waals surface area contributed by atoms with Gasteiger partial charge in [0.05, 0.1) is 11.0 Å². The molecule has 1 atom stereocenters. The van der Waals surface area contributed by atoms with Crippen molar-refractivity contribution in [3.8, 4) is 0 Å². The first-order valence-electron chi connectivity index (χ1n) is 7.36. The first kappa shape index (κ1) is 16.2. The van der Waals surface area contributed by atoms with Gasteiger partial charge in [-0.1, -0.05) is 49.1 Å². The summed E-state index contributed by atoms with van der Waals surface area (Å²) >= 11 is 11.2. The first-order valence-corrected chi connectivity index (χ1v) is 8.14. The molecule has 0 saturated heterocycles. The minimum atomic E-state index is -0.230. The number of nitrogens with two attached hydrogens (primary N) is 1. The summed E-state index contributed by atoms with van der Waals surface area (Å²) in [5.41, 5.74) is 7.22. The highest BCUT2D eigenvalue weighted by atomic mass is 35.5. The summed E-state index contributed by atoms with van der Waals surface area (Å²) < 4.78 is 0. The number of benzene rings is 1. The molecule has 0 bridgehead atoms. The Hall–Kier alpha value is -1.13. The van der Waals surface area contributed by atoms with Gasteiger partial charge in [0.1, 0.15) is 0 Å². The normalized spacial score (nSPS) is 17.2. The van der Waals surface area contributed by atoms with Crippen molar-refractivity contribution in [1.29, 1.82) is 0 Å². The molecule has 114 valence electrons. The lowest BCUT2D eigenvalue weighted by molar-refractivity contribution is 0.0931. The number of halogens is 1. The number of carbonyl (C=O) groups is 1. The van der Waals surface area contributed by atoms with Crippen LogP contribution in [0.3, 0.4) is 0 Å². The molecule has 21 heavy (non-hydrogen) atoms. The van der Waals surface area contributed by atoms with E-state index in [4.69, 9.17) is 29.6 Å². The molecule has 0 heterocycles. The Bertz CT molecular complexity index is 541. The highest BCUT2D eigenvalue weighted by Crippen LogP contribution is 2.27. The summed E-state index contributed by atoms with van der Waals surface area (Å²) in [6.07, 6.45) is 5.74. The molecule has 1 unspecified atom stereocenters. The van der Waals surface area contributed by atoms with E-state index in [1.165, 1.54) is 19.3 Å². The first-order chi connectivity index (χ1) is 10.0. The third-order valence-electron chi connectivity index (χ3n) is 4.23. The molecule has 0 aromatic heterocycles. The van der Waals surface area contributed by atoms with Crippen LogP contribution in [-0.2, 0) is 0 Å². The predicted octanol–water partition coefficient (Wildman–Crippen LogP) is 3.61. The second-order valence-corrected chi connectivity index (χ2v) is 6.54. The van der Waals surface area contributed by atoms with Gasteiger partial charge in [-0.3, -0.25) is 4.79 Å². The maximum Gasteiger partial charge on any atom is 0.252 e. The van der Waals surface area contributed by atoms with Gasteiger partial charge in [0, 0.05) is 10.6 Å². The van der Waals surface area contributed by atoms with Crippen LogP contribution in [0.15, 0.2) is 18.2 Å². The van der Waals surface area contributed by atoms with E-state index in [-0.39, 0.29) is 11.9 Å².